The molecule has 0 radical (unpaired) electrons. The summed E-state index contributed by atoms with van der Waals surface area (Å²) in [6.45, 7) is 3.68. The van der Waals surface area contributed by atoms with E-state index in [4.69, 9.17) is 4.74 Å². The molecule has 2 aromatic heterocycles. The molecule has 0 saturated carbocycles. The minimum atomic E-state index is -0.603. The molecule has 1 aromatic carbocycles. The molecule has 0 spiro atoms. The Bertz CT molecular complexity index is 980. The van der Waals surface area contributed by atoms with Gasteiger partial charge in [-0.05, 0) is 37.3 Å². The normalized spacial score (nSPS) is 15.5. The minimum absolute atomic E-state index is 0.0387. The van der Waals surface area contributed by atoms with Crippen LogP contribution in [-0.4, -0.2) is 68.8 Å². The Morgan fingerprint density at radius 3 is 2.68 bits per heavy atom. The fourth-order valence-corrected chi connectivity index (χ4v) is 3.31. The van der Waals surface area contributed by atoms with Gasteiger partial charge in [-0.2, -0.15) is 0 Å². The largest absolute Gasteiger partial charge is 0.479 e. The Morgan fingerprint density at radius 2 is 1.93 bits per heavy atom. The standard InChI is InChI=1S/C20H21N5O3/c1-14(28-16-3-2-6-21-12-16)19(26)24-7-9-25(10-8-24)20(27)15-4-5-17-18(11-15)23-13-22-17/h2-6,11-14H,7-10H2,1H3,(H,22,23). The number of carbonyl (C=O) groups is 2. The molecule has 8 heteroatoms. The molecule has 1 aliphatic heterocycles. The van der Waals surface area contributed by atoms with Crippen molar-refractivity contribution in [1.82, 2.24) is 24.8 Å². The van der Waals surface area contributed by atoms with Crippen LogP contribution in [0.3, 0.4) is 0 Å². The second-order valence-corrected chi connectivity index (χ2v) is 6.70. The molecule has 0 aliphatic carbocycles. The first-order valence-electron chi connectivity index (χ1n) is 9.20. The van der Waals surface area contributed by atoms with Crippen molar-refractivity contribution in [3.63, 3.8) is 0 Å². The van der Waals surface area contributed by atoms with E-state index >= 15 is 0 Å². The zero-order valence-electron chi connectivity index (χ0n) is 15.5. The first-order chi connectivity index (χ1) is 13.6. The maximum atomic E-state index is 12.8. The number of rotatable bonds is 4. The number of carbonyl (C=O) groups excluding carboxylic acids is 2. The number of aromatic nitrogens is 3. The van der Waals surface area contributed by atoms with E-state index < -0.39 is 6.10 Å². The lowest BCUT2D eigenvalue weighted by Crippen LogP contribution is -2.53. The molecule has 1 aliphatic rings. The molecule has 2 amide bonds. The van der Waals surface area contributed by atoms with E-state index in [1.165, 1.54) is 0 Å². The molecule has 8 nitrogen and oxygen atoms in total. The predicted molar refractivity (Wildman–Crippen MR) is 103 cm³/mol. The highest BCUT2D eigenvalue weighted by Gasteiger charge is 2.28. The van der Waals surface area contributed by atoms with Gasteiger partial charge in [0.25, 0.3) is 11.8 Å². The highest BCUT2D eigenvalue weighted by atomic mass is 16.5. The van der Waals surface area contributed by atoms with Gasteiger partial charge in [0.2, 0.25) is 0 Å². The third kappa shape index (κ3) is 3.66. The fourth-order valence-electron chi connectivity index (χ4n) is 3.31. The van der Waals surface area contributed by atoms with Crippen LogP contribution in [0.1, 0.15) is 17.3 Å². The van der Waals surface area contributed by atoms with Crippen molar-refractivity contribution in [3.05, 3.63) is 54.6 Å². The van der Waals surface area contributed by atoms with E-state index in [2.05, 4.69) is 15.0 Å². The zero-order chi connectivity index (χ0) is 19.5. The number of hydrogen-bond acceptors (Lipinski definition) is 5. The summed E-state index contributed by atoms with van der Waals surface area (Å²) >= 11 is 0. The molecule has 1 atom stereocenters. The number of piperazine rings is 1. The maximum absolute atomic E-state index is 12.8. The Kier molecular flexibility index (Phi) is 4.92. The molecule has 144 valence electrons. The third-order valence-corrected chi connectivity index (χ3v) is 4.84. The smallest absolute Gasteiger partial charge is 0.263 e. The molecule has 4 rings (SSSR count). The lowest BCUT2D eigenvalue weighted by atomic mass is 10.1. The van der Waals surface area contributed by atoms with Crippen molar-refractivity contribution in [1.29, 1.82) is 0 Å². The van der Waals surface area contributed by atoms with Crippen molar-refractivity contribution < 1.29 is 14.3 Å². The number of nitrogens with zero attached hydrogens (tertiary/aromatic N) is 4. The first kappa shape index (κ1) is 18.0. The summed E-state index contributed by atoms with van der Waals surface area (Å²) in [4.78, 5) is 40.1. The summed E-state index contributed by atoms with van der Waals surface area (Å²) in [6, 6.07) is 8.95. The summed E-state index contributed by atoms with van der Waals surface area (Å²) in [5.41, 5.74) is 2.28. The van der Waals surface area contributed by atoms with Gasteiger partial charge in [-0.25, -0.2) is 4.98 Å². The van der Waals surface area contributed by atoms with E-state index in [1.54, 1.807) is 53.6 Å². The molecule has 3 aromatic rings. The number of H-pyrrole nitrogens is 1. The quantitative estimate of drug-likeness (QED) is 0.745. The van der Waals surface area contributed by atoms with Gasteiger partial charge < -0.3 is 19.5 Å². The van der Waals surface area contributed by atoms with Crippen LogP contribution in [0, 0.1) is 0 Å². The number of amides is 2. The molecule has 1 fully saturated rings. The Labute approximate surface area is 162 Å². The second kappa shape index (κ2) is 7.67. The van der Waals surface area contributed by atoms with Crippen LogP contribution in [0.2, 0.25) is 0 Å². The third-order valence-electron chi connectivity index (χ3n) is 4.84. The van der Waals surface area contributed by atoms with Gasteiger partial charge in [0.05, 0.1) is 23.6 Å². The average molecular weight is 379 g/mol. The van der Waals surface area contributed by atoms with Crippen LogP contribution in [0.4, 0.5) is 0 Å². The number of ether oxygens (including phenoxy) is 1. The zero-order valence-corrected chi connectivity index (χ0v) is 15.5. The molecule has 0 bridgehead atoms. The topological polar surface area (TPSA) is 91.4 Å². The summed E-state index contributed by atoms with van der Waals surface area (Å²) in [5.74, 6) is 0.435. The van der Waals surface area contributed by atoms with E-state index in [1.807, 2.05) is 12.1 Å². The van der Waals surface area contributed by atoms with E-state index in [-0.39, 0.29) is 11.8 Å². The number of hydrogen-bond donors (Lipinski definition) is 1. The van der Waals surface area contributed by atoms with Crippen LogP contribution < -0.4 is 4.74 Å². The van der Waals surface area contributed by atoms with Crippen LogP contribution in [-0.2, 0) is 4.79 Å². The second-order valence-electron chi connectivity index (χ2n) is 6.70. The fraction of sp³-hybridized carbons (Fsp3) is 0.300. The summed E-state index contributed by atoms with van der Waals surface area (Å²) < 4.78 is 5.66. The van der Waals surface area contributed by atoms with E-state index in [9.17, 15) is 9.59 Å². The van der Waals surface area contributed by atoms with Gasteiger partial charge in [-0.15, -0.1) is 0 Å². The predicted octanol–water partition coefficient (Wildman–Crippen LogP) is 1.71. The number of nitrogens with one attached hydrogen (secondary N) is 1. The number of imidazole rings is 1. The van der Waals surface area contributed by atoms with Crippen molar-refractivity contribution in [2.75, 3.05) is 26.2 Å². The maximum Gasteiger partial charge on any atom is 0.263 e. The molecule has 1 saturated heterocycles. The monoisotopic (exact) mass is 379 g/mol. The Morgan fingerprint density at radius 1 is 1.14 bits per heavy atom. The molecule has 3 heterocycles. The molecular weight excluding hydrogens is 358 g/mol. The van der Waals surface area contributed by atoms with Gasteiger partial charge >= 0.3 is 0 Å². The highest BCUT2D eigenvalue weighted by Crippen LogP contribution is 2.16. The van der Waals surface area contributed by atoms with Crippen molar-refractivity contribution >= 4 is 22.8 Å². The first-order valence-corrected chi connectivity index (χ1v) is 9.20. The Balaban J connectivity index is 1.34. The minimum Gasteiger partial charge on any atom is -0.479 e. The summed E-state index contributed by atoms with van der Waals surface area (Å²) in [5, 5.41) is 0. The molecular formula is C20H21N5O3. The van der Waals surface area contributed by atoms with E-state index in [0.717, 1.165) is 11.0 Å². The molecule has 1 unspecified atom stereocenters. The summed E-state index contributed by atoms with van der Waals surface area (Å²) in [7, 11) is 0. The van der Waals surface area contributed by atoms with Crippen LogP contribution in [0.15, 0.2) is 49.1 Å². The Hall–Kier alpha value is -3.42. The van der Waals surface area contributed by atoms with Crippen LogP contribution in [0.5, 0.6) is 5.75 Å². The SMILES string of the molecule is CC(Oc1cccnc1)C(=O)N1CCN(C(=O)c2ccc3nc[nH]c3c2)CC1. The number of fused-ring (bicyclic) bond motifs is 1. The molecule has 1 N–H and O–H groups in total. The molecule has 28 heavy (non-hydrogen) atoms. The van der Waals surface area contributed by atoms with E-state index in [0.29, 0.717) is 37.5 Å². The van der Waals surface area contributed by atoms with Crippen LogP contribution >= 0.6 is 0 Å². The van der Waals surface area contributed by atoms with Gasteiger partial charge in [-0.1, -0.05) is 0 Å². The van der Waals surface area contributed by atoms with Crippen LogP contribution in [0.25, 0.3) is 11.0 Å². The van der Waals surface area contributed by atoms with Crippen molar-refractivity contribution in [2.24, 2.45) is 0 Å². The highest BCUT2D eigenvalue weighted by molar-refractivity contribution is 5.97. The average Bonchev–Trinajstić information content (AvgIpc) is 3.21. The van der Waals surface area contributed by atoms with Crippen molar-refractivity contribution in [3.8, 4) is 5.75 Å². The number of benzene rings is 1. The number of aromatic amines is 1. The summed E-state index contributed by atoms with van der Waals surface area (Å²) in [6.07, 6.45) is 4.24. The van der Waals surface area contributed by atoms with Gasteiger partial charge in [0.15, 0.2) is 6.10 Å². The number of pyridine rings is 1. The van der Waals surface area contributed by atoms with Gasteiger partial charge in [-0.3, -0.25) is 14.6 Å². The van der Waals surface area contributed by atoms with Gasteiger partial charge in [0, 0.05) is 37.9 Å². The lowest BCUT2D eigenvalue weighted by molar-refractivity contribution is -0.139. The van der Waals surface area contributed by atoms with Crippen molar-refractivity contribution in [2.45, 2.75) is 13.0 Å². The van der Waals surface area contributed by atoms with Gasteiger partial charge in [0.1, 0.15) is 5.75 Å². The lowest BCUT2D eigenvalue weighted by Gasteiger charge is -2.35.